The van der Waals surface area contributed by atoms with E-state index in [0.29, 0.717) is 12.3 Å². The molecule has 2 rings (SSSR count). The maximum Gasteiger partial charge on any atom is 0.232 e. The number of pyridine rings is 1. The molecule has 0 saturated carbocycles. The SMILES string of the molecule is CCOC(=N)c1ccc2c(n1)CCC2. The molecule has 0 atom stereocenters. The molecule has 0 aromatic carbocycles. The van der Waals surface area contributed by atoms with E-state index >= 15 is 0 Å². The Morgan fingerprint density at radius 3 is 3.14 bits per heavy atom. The van der Waals surface area contributed by atoms with E-state index in [1.165, 1.54) is 12.0 Å². The summed E-state index contributed by atoms with van der Waals surface area (Å²) < 4.78 is 5.11. The standard InChI is InChI=1S/C11H14N2O/c1-2-14-11(12)10-7-6-8-4-3-5-9(8)13-10/h6-7,12H,2-5H2,1H3. The summed E-state index contributed by atoms with van der Waals surface area (Å²) in [5, 5.41) is 7.61. The molecule has 1 N–H and O–H groups in total. The van der Waals surface area contributed by atoms with E-state index < -0.39 is 0 Å². The highest BCUT2D eigenvalue weighted by atomic mass is 16.5. The molecular weight excluding hydrogens is 176 g/mol. The predicted molar refractivity (Wildman–Crippen MR) is 54.7 cm³/mol. The van der Waals surface area contributed by atoms with Crippen molar-refractivity contribution in [2.75, 3.05) is 6.61 Å². The summed E-state index contributed by atoms with van der Waals surface area (Å²) in [5.74, 6) is 0.183. The van der Waals surface area contributed by atoms with E-state index in [-0.39, 0.29) is 5.90 Å². The van der Waals surface area contributed by atoms with Crippen LogP contribution in [0.2, 0.25) is 0 Å². The molecule has 0 radical (unpaired) electrons. The van der Waals surface area contributed by atoms with Crippen molar-refractivity contribution in [1.29, 1.82) is 5.41 Å². The monoisotopic (exact) mass is 190 g/mol. The van der Waals surface area contributed by atoms with Gasteiger partial charge in [0.25, 0.3) is 0 Å². The Labute approximate surface area is 83.6 Å². The molecule has 1 aliphatic rings. The van der Waals surface area contributed by atoms with Gasteiger partial charge in [-0.3, -0.25) is 5.41 Å². The molecule has 3 heteroatoms. The van der Waals surface area contributed by atoms with Gasteiger partial charge in [0, 0.05) is 5.69 Å². The van der Waals surface area contributed by atoms with Gasteiger partial charge >= 0.3 is 0 Å². The quantitative estimate of drug-likeness (QED) is 0.572. The fourth-order valence-corrected chi connectivity index (χ4v) is 1.77. The van der Waals surface area contributed by atoms with E-state index in [1.54, 1.807) is 0 Å². The summed E-state index contributed by atoms with van der Waals surface area (Å²) in [6, 6.07) is 3.94. The average molecular weight is 190 g/mol. The number of aryl methyl sites for hydroxylation is 2. The van der Waals surface area contributed by atoms with Crippen molar-refractivity contribution in [3.05, 3.63) is 29.1 Å². The van der Waals surface area contributed by atoms with E-state index in [2.05, 4.69) is 11.1 Å². The lowest BCUT2D eigenvalue weighted by molar-refractivity contribution is 0.324. The van der Waals surface area contributed by atoms with Crippen molar-refractivity contribution in [2.24, 2.45) is 0 Å². The van der Waals surface area contributed by atoms with Crippen molar-refractivity contribution < 1.29 is 4.74 Å². The summed E-state index contributed by atoms with van der Waals surface area (Å²) in [6.45, 7) is 2.40. The molecule has 14 heavy (non-hydrogen) atoms. The molecule has 0 amide bonds. The number of rotatable bonds is 2. The topological polar surface area (TPSA) is 46.0 Å². The Kier molecular flexibility index (Phi) is 2.48. The first-order valence-corrected chi connectivity index (χ1v) is 5.01. The van der Waals surface area contributed by atoms with Crippen LogP contribution < -0.4 is 0 Å². The Balaban J connectivity index is 2.24. The van der Waals surface area contributed by atoms with Crippen LogP contribution in [-0.2, 0) is 17.6 Å². The van der Waals surface area contributed by atoms with E-state index in [0.717, 1.165) is 18.5 Å². The predicted octanol–water partition coefficient (Wildman–Crippen LogP) is 1.93. The minimum Gasteiger partial charge on any atom is -0.477 e. The van der Waals surface area contributed by atoms with Gasteiger partial charge in [0.15, 0.2) is 0 Å². The van der Waals surface area contributed by atoms with Crippen molar-refractivity contribution in [3.8, 4) is 0 Å². The number of hydrogen-bond acceptors (Lipinski definition) is 3. The van der Waals surface area contributed by atoms with Crippen molar-refractivity contribution >= 4 is 5.90 Å². The Bertz CT molecular complexity index is 360. The first kappa shape index (κ1) is 9.19. The molecule has 1 aliphatic carbocycles. The second-order valence-corrected chi connectivity index (χ2v) is 3.42. The highest BCUT2D eigenvalue weighted by molar-refractivity contribution is 5.89. The molecule has 1 aromatic heterocycles. The lowest BCUT2D eigenvalue weighted by atomic mass is 10.2. The van der Waals surface area contributed by atoms with Gasteiger partial charge in [0.2, 0.25) is 5.90 Å². The second-order valence-electron chi connectivity index (χ2n) is 3.42. The van der Waals surface area contributed by atoms with Crippen molar-refractivity contribution in [3.63, 3.8) is 0 Å². The number of fused-ring (bicyclic) bond motifs is 1. The summed E-state index contributed by atoms with van der Waals surface area (Å²) in [4.78, 5) is 4.42. The number of aromatic nitrogens is 1. The van der Waals surface area contributed by atoms with Crippen molar-refractivity contribution in [1.82, 2.24) is 4.98 Å². The first-order valence-electron chi connectivity index (χ1n) is 5.01. The van der Waals surface area contributed by atoms with Crippen LogP contribution in [0, 0.1) is 5.41 Å². The van der Waals surface area contributed by atoms with E-state index in [4.69, 9.17) is 10.1 Å². The van der Waals surface area contributed by atoms with E-state index in [9.17, 15) is 0 Å². The van der Waals surface area contributed by atoms with Crippen LogP contribution in [0.3, 0.4) is 0 Å². The molecule has 3 nitrogen and oxygen atoms in total. The fourth-order valence-electron chi connectivity index (χ4n) is 1.77. The molecule has 1 heterocycles. The number of hydrogen-bond donors (Lipinski definition) is 1. The van der Waals surface area contributed by atoms with Gasteiger partial charge in [-0.1, -0.05) is 6.07 Å². The summed E-state index contributed by atoms with van der Waals surface area (Å²) in [7, 11) is 0. The van der Waals surface area contributed by atoms with Crippen molar-refractivity contribution in [2.45, 2.75) is 26.2 Å². The lowest BCUT2D eigenvalue weighted by Crippen LogP contribution is -2.08. The number of nitrogens with one attached hydrogen (secondary N) is 1. The largest absolute Gasteiger partial charge is 0.477 e. The maximum absolute atomic E-state index is 7.61. The fraction of sp³-hybridized carbons (Fsp3) is 0.455. The van der Waals surface area contributed by atoms with Gasteiger partial charge < -0.3 is 4.74 Å². The van der Waals surface area contributed by atoms with Crippen LogP contribution in [0.4, 0.5) is 0 Å². The van der Waals surface area contributed by atoms with Crippen LogP contribution in [-0.4, -0.2) is 17.5 Å². The molecule has 74 valence electrons. The highest BCUT2D eigenvalue weighted by Gasteiger charge is 2.14. The normalized spacial score (nSPS) is 13.8. The molecule has 0 fully saturated rings. The minimum absolute atomic E-state index is 0.183. The zero-order valence-corrected chi connectivity index (χ0v) is 8.34. The molecule has 0 aliphatic heterocycles. The smallest absolute Gasteiger partial charge is 0.232 e. The Morgan fingerprint density at radius 1 is 1.50 bits per heavy atom. The Morgan fingerprint density at radius 2 is 2.36 bits per heavy atom. The first-order chi connectivity index (χ1) is 6.81. The maximum atomic E-state index is 7.61. The third-order valence-corrected chi connectivity index (χ3v) is 2.45. The van der Waals surface area contributed by atoms with Crippen LogP contribution in [0.5, 0.6) is 0 Å². The van der Waals surface area contributed by atoms with Crippen LogP contribution in [0.15, 0.2) is 12.1 Å². The molecule has 0 unspecified atom stereocenters. The third kappa shape index (κ3) is 1.62. The lowest BCUT2D eigenvalue weighted by Gasteiger charge is -2.05. The summed E-state index contributed by atoms with van der Waals surface area (Å²) >= 11 is 0. The van der Waals surface area contributed by atoms with E-state index in [1.807, 2.05) is 13.0 Å². The molecule has 0 bridgehead atoms. The molecule has 0 saturated heterocycles. The second kappa shape index (κ2) is 3.78. The highest BCUT2D eigenvalue weighted by Crippen LogP contribution is 2.19. The van der Waals surface area contributed by atoms with Crippen LogP contribution >= 0.6 is 0 Å². The van der Waals surface area contributed by atoms with Gasteiger partial charge in [0.05, 0.1) is 6.61 Å². The minimum atomic E-state index is 0.183. The van der Waals surface area contributed by atoms with Gasteiger partial charge in [-0.15, -0.1) is 0 Å². The van der Waals surface area contributed by atoms with Crippen LogP contribution in [0.1, 0.15) is 30.3 Å². The number of ether oxygens (including phenoxy) is 1. The zero-order valence-electron chi connectivity index (χ0n) is 8.34. The summed E-state index contributed by atoms with van der Waals surface area (Å²) in [6.07, 6.45) is 3.36. The van der Waals surface area contributed by atoms with Gasteiger partial charge in [-0.25, -0.2) is 4.98 Å². The zero-order chi connectivity index (χ0) is 9.97. The number of nitrogens with zero attached hydrogens (tertiary/aromatic N) is 1. The van der Waals surface area contributed by atoms with Gasteiger partial charge in [-0.05, 0) is 37.8 Å². The van der Waals surface area contributed by atoms with Gasteiger partial charge in [-0.2, -0.15) is 0 Å². The average Bonchev–Trinajstić information content (AvgIpc) is 2.64. The molecular formula is C11H14N2O. The Hall–Kier alpha value is -1.38. The third-order valence-electron chi connectivity index (χ3n) is 2.45. The summed E-state index contributed by atoms with van der Waals surface area (Å²) in [5.41, 5.74) is 3.14. The molecule has 0 spiro atoms. The van der Waals surface area contributed by atoms with Crippen LogP contribution in [0.25, 0.3) is 0 Å². The molecule has 1 aromatic rings. The van der Waals surface area contributed by atoms with Gasteiger partial charge in [0.1, 0.15) is 5.69 Å².